The normalized spacial score (nSPS) is 39.4. The van der Waals surface area contributed by atoms with Crippen LogP contribution in [0.1, 0.15) is 6.92 Å². The van der Waals surface area contributed by atoms with E-state index in [0.29, 0.717) is 0 Å². The lowest BCUT2D eigenvalue weighted by molar-refractivity contribution is -0.123. The third-order valence-electron chi connectivity index (χ3n) is 2.48. The van der Waals surface area contributed by atoms with Gasteiger partial charge in [0.05, 0.1) is 24.0 Å². The summed E-state index contributed by atoms with van der Waals surface area (Å²) in [5.41, 5.74) is -0.487. The Morgan fingerprint density at radius 2 is 2.06 bits per heavy atom. The minimum atomic E-state index is -1.15. The number of rotatable bonds is 3. The molecule has 16 heavy (non-hydrogen) atoms. The largest absolute Gasteiger partial charge is 0.395 e. The highest BCUT2D eigenvalue weighted by molar-refractivity contribution is 8.00. The molecular formula is C9H17NO5S. The first kappa shape index (κ1) is 13.7. The maximum Gasteiger partial charge on any atom is 0.217 e. The molecule has 1 aliphatic rings. The molecule has 6 nitrogen and oxygen atoms in total. The topological polar surface area (TPSA) is 99.0 Å². The summed E-state index contributed by atoms with van der Waals surface area (Å²) < 4.78 is 5.12. The van der Waals surface area contributed by atoms with Crippen LogP contribution in [0.25, 0.3) is 0 Å². The smallest absolute Gasteiger partial charge is 0.217 e. The maximum absolute atomic E-state index is 11.0. The van der Waals surface area contributed by atoms with Crippen LogP contribution < -0.4 is 5.32 Å². The van der Waals surface area contributed by atoms with Crippen molar-refractivity contribution in [2.24, 2.45) is 0 Å². The Bertz CT molecular complexity index is 250. The van der Waals surface area contributed by atoms with Gasteiger partial charge in [-0.25, -0.2) is 0 Å². The molecule has 1 fully saturated rings. The molecule has 7 heteroatoms. The Balaban J connectivity index is 2.77. The summed E-state index contributed by atoms with van der Waals surface area (Å²) in [5, 5.41) is 30.6. The molecule has 1 rings (SSSR count). The Morgan fingerprint density at radius 1 is 1.44 bits per heavy atom. The van der Waals surface area contributed by atoms with E-state index in [4.69, 9.17) is 9.84 Å². The quantitative estimate of drug-likeness (QED) is 0.477. The van der Waals surface area contributed by atoms with E-state index in [0.717, 1.165) is 0 Å². The Labute approximate surface area is 98.0 Å². The minimum Gasteiger partial charge on any atom is -0.395 e. The maximum atomic E-state index is 11.0. The molecule has 0 aliphatic carbocycles. The summed E-state index contributed by atoms with van der Waals surface area (Å²) in [5.74, 6) is -0.304. The van der Waals surface area contributed by atoms with Gasteiger partial charge in [0.25, 0.3) is 0 Å². The van der Waals surface area contributed by atoms with Gasteiger partial charge < -0.3 is 25.4 Å². The van der Waals surface area contributed by atoms with Gasteiger partial charge in [0.2, 0.25) is 5.91 Å². The van der Waals surface area contributed by atoms with Gasteiger partial charge in [-0.05, 0) is 0 Å². The molecule has 0 aromatic rings. The van der Waals surface area contributed by atoms with Crippen LogP contribution >= 0.6 is 11.8 Å². The molecule has 2 unspecified atom stereocenters. The third-order valence-corrected chi connectivity index (χ3v) is 4.01. The van der Waals surface area contributed by atoms with E-state index in [9.17, 15) is 15.0 Å². The van der Waals surface area contributed by atoms with Gasteiger partial charge in [-0.2, -0.15) is 0 Å². The number of amides is 1. The van der Waals surface area contributed by atoms with Crippen LogP contribution in [0, 0.1) is 0 Å². The van der Waals surface area contributed by atoms with E-state index in [-0.39, 0.29) is 12.5 Å². The van der Waals surface area contributed by atoms with Gasteiger partial charge in [-0.15, -0.1) is 11.8 Å². The SMILES string of the molecule is CO[C@@H]1SC(CO)[C@@H](O)C(O)[C@@H]1NC(C)=O. The summed E-state index contributed by atoms with van der Waals surface area (Å²) >= 11 is 1.20. The van der Waals surface area contributed by atoms with E-state index in [1.165, 1.54) is 25.8 Å². The fraction of sp³-hybridized carbons (Fsp3) is 0.889. The predicted molar refractivity (Wildman–Crippen MR) is 58.9 cm³/mol. The van der Waals surface area contributed by atoms with Gasteiger partial charge in [-0.3, -0.25) is 4.79 Å². The highest BCUT2D eigenvalue weighted by atomic mass is 32.2. The number of thioether (sulfide) groups is 1. The summed E-state index contributed by atoms with van der Waals surface area (Å²) in [4.78, 5) is 11.0. The number of ether oxygens (including phenoxy) is 1. The molecule has 5 atom stereocenters. The van der Waals surface area contributed by atoms with Crippen LogP contribution in [-0.4, -0.2) is 63.9 Å². The average Bonchev–Trinajstić information content (AvgIpc) is 2.25. The molecule has 0 aromatic carbocycles. The van der Waals surface area contributed by atoms with Crippen molar-refractivity contribution >= 4 is 17.7 Å². The first-order valence-electron chi connectivity index (χ1n) is 4.93. The molecule has 94 valence electrons. The van der Waals surface area contributed by atoms with Crippen LogP contribution in [0.3, 0.4) is 0 Å². The Morgan fingerprint density at radius 3 is 2.50 bits per heavy atom. The predicted octanol–water partition coefficient (Wildman–Crippen LogP) is -1.71. The zero-order valence-corrected chi connectivity index (χ0v) is 9.98. The van der Waals surface area contributed by atoms with Crippen LogP contribution in [0.2, 0.25) is 0 Å². The highest BCUT2D eigenvalue weighted by Gasteiger charge is 2.44. The first-order chi connectivity index (χ1) is 7.51. The van der Waals surface area contributed by atoms with Crippen molar-refractivity contribution in [2.75, 3.05) is 13.7 Å². The fourth-order valence-electron chi connectivity index (χ4n) is 1.67. The molecule has 0 bridgehead atoms. The number of hydrogen-bond donors (Lipinski definition) is 4. The second-order valence-corrected chi connectivity index (χ2v) is 5.01. The summed E-state index contributed by atoms with van der Waals surface area (Å²) in [7, 11) is 1.45. The molecule has 0 spiro atoms. The molecular weight excluding hydrogens is 234 g/mol. The van der Waals surface area contributed by atoms with Gasteiger partial charge in [0.1, 0.15) is 11.5 Å². The van der Waals surface area contributed by atoms with Crippen molar-refractivity contribution in [2.45, 2.75) is 35.9 Å². The minimum absolute atomic E-state index is 0.254. The van der Waals surface area contributed by atoms with Crippen molar-refractivity contribution in [1.82, 2.24) is 5.32 Å². The fourth-order valence-corrected chi connectivity index (χ4v) is 2.93. The summed E-state index contributed by atoms with van der Waals surface area (Å²) in [6.07, 6.45) is -2.23. The van der Waals surface area contributed by atoms with E-state index >= 15 is 0 Å². The number of aliphatic hydroxyl groups excluding tert-OH is 3. The zero-order chi connectivity index (χ0) is 12.3. The van der Waals surface area contributed by atoms with E-state index in [1.807, 2.05) is 0 Å². The molecule has 1 amide bonds. The number of carbonyl (C=O) groups excluding carboxylic acids is 1. The van der Waals surface area contributed by atoms with E-state index < -0.39 is 28.9 Å². The van der Waals surface area contributed by atoms with E-state index in [1.54, 1.807) is 0 Å². The second kappa shape index (κ2) is 5.83. The lowest BCUT2D eigenvalue weighted by Crippen LogP contribution is -2.60. The molecule has 1 heterocycles. The van der Waals surface area contributed by atoms with Crippen molar-refractivity contribution in [3.8, 4) is 0 Å². The highest BCUT2D eigenvalue weighted by Crippen LogP contribution is 2.32. The first-order valence-corrected chi connectivity index (χ1v) is 5.88. The standard InChI is InChI=1S/C9H17NO5S/c1-4(12)10-6-8(14)7(13)5(3-11)16-9(6)15-2/h5-9,11,13-14H,3H2,1-2H3,(H,10,12)/t5?,6-,7+,8?,9+/m0/s1. The van der Waals surface area contributed by atoms with Crippen LogP contribution in [0.15, 0.2) is 0 Å². The van der Waals surface area contributed by atoms with Crippen molar-refractivity contribution < 1.29 is 24.9 Å². The molecule has 0 saturated carbocycles. The average molecular weight is 251 g/mol. The molecule has 1 saturated heterocycles. The Hall–Kier alpha value is -0.340. The van der Waals surface area contributed by atoms with Gasteiger partial charge in [0.15, 0.2) is 0 Å². The van der Waals surface area contributed by atoms with E-state index in [2.05, 4.69) is 5.32 Å². The molecule has 4 N–H and O–H groups in total. The lowest BCUT2D eigenvalue weighted by Gasteiger charge is -2.41. The van der Waals surface area contributed by atoms with Crippen molar-refractivity contribution in [1.29, 1.82) is 0 Å². The van der Waals surface area contributed by atoms with Gasteiger partial charge in [-0.1, -0.05) is 0 Å². The Kier molecular flexibility index (Phi) is 5.00. The number of methoxy groups -OCH3 is 1. The van der Waals surface area contributed by atoms with Gasteiger partial charge >= 0.3 is 0 Å². The third kappa shape index (κ3) is 2.86. The number of hydrogen-bond acceptors (Lipinski definition) is 6. The number of aliphatic hydroxyl groups is 3. The van der Waals surface area contributed by atoms with Gasteiger partial charge in [0, 0.05) is 14.0 Å². The number of nitrogens with one attached hydrogen (secondary N) is 1. The molecule has 1 aliphatic heterocycles. The van der Waals surface area contributed by atoms with Crippen LogP contribution in [-0.2, 0) is 9.53 Å². The molecule has 0 radical (unpaired) electrons. The van der Waals surface area contributed by atoms with Crippen molar-refractivity contribution in [3.63, 3.8) is 0 Å². The summed E-state index contributed by atoms with van der Waals surface area (Å²) in [6.45, 7) is 1.07. The zero-order valence-electron chi connectivity index (χ0n) is 9.16. The monoisotopic (exact) mass is 251 g/mol. The van der Waals surface area contributed by atoms with Crippen LogP contribution in [0.4, 0.5) is 0 Å². The molecule has 0 aromatic heterocycles. The van der Waals surface area contributed by atoms with Crippen molar-refractivity contribution in [3.05, 3.63) is 0 Å². The second-order valence-electron chi connectivity index (χ2n) is 3.67. The summed E-state index contributed by atoms with van der Waals surface area (Å²) in [6, 6.07) is -0.676. The van der Waals surface area contributed by atoms with Crippen LogP contribution in [0.5, 0.6) is 0 Å². The number of carbonyl (C=O) groups is 1. The lowest BCUT2D eigenvalue weighted by atomic mass is 10.0.